The molecule has 1 atom stereocenters. The predicted octanol–water partition coefficient (Wildman–Crippen LogP) is 5.56. The molecular weight excluding hydrogens is 576 g/mol. The first kappa shape index (κ1) is 33.1. The molecule has 1 heterocycles. The lowest BCUT2D eigenvalue weighted by Crippen LogP contribution is -2.58. The van der Waals surface area contributed by atoms with Gasteiger partial charge in [0.15, 0.2) is 6.04 Å². The van der Waals surface area contributed by atoms with Gasteiger partial charge in [0.1, 0.15) is 11.5 Å². The average Bonchev–Trinajstić information content (AvgIpc) is 3.01. The summed E-state index contributed by atoms with van der Waals surface area (Å²) in [6.45, 7) is 3.38. The molecule has 1 saturated heterocycles. The lowest BCUT2D eigenvalue weighted by molar-refractivity contribution is -0.151. The normalized spacial score (nSPS) is 18.0. The minimum Gasteiger partial charge on any atom is -0.494 e. The van der Waals surface area contributed by atoms with Gasteiger partial charge in [0, 0.05) is 31.7 Å². The van der Waals surface area contributed by atoms with Crippen LogP contribution in [0.3, 0.4) is 0 Å². The van der Waals surface area contributed by atoms with E-state index in [1.807, 2.05) is 6.92 Å². The van der Waals surface area contributed by atoms with Crippen LogP contribution >= 0.6 is 0 Å². The summed E-state index contributed by atoms with van der Waals surface area (Å²) in [6.07, 6.45) is 8.48. The Morgan fingerprint density at radius 3 is 2.16 bits per heavy atom. The fourth-order valence-electron chi connectivity index (χ4n) is 5.68. The van der Waals surface area contributed by atoms with Gasteiger partial charge < -0.3 is 20.1 Å². The Labute approximate surface area is 254 Å². The van der Waals surface area contributed by atoms with E-state index in [9.17, 15) is 13.2 Å². The summed E-state index contributed by atoms with van der Waals surface area (Å²) >= 11 is 0. The second-order valence-corrected chi connectivity index (χ2v) is 13.7. The van der Waals surface area contributed by atoms with Crippen molar-refractivity contribution < 1.29 is 31.5 Å². The van der Waals surface area contributed by atoms with E-state index in [0.717, 1.165) is 32.7 Å². The van der Waals surface area contributed by atoms with Crippen LogP contribution < -0.4 is 15.2 Å². The molecule has 2 N–H and O–H groups in total. The highest BCUT2D eigenvalue weighted by Gasteiger charge is 2.53. The van der Waals surface area contributed by atoms with Crippen LogP contribution in [-0.2, 0) is 20.7 Å². The largest absolute Gasteiger partial charge is 0.494 e. The number of hydrogen-bond acceptors (Lipinski definition) is 6. The SMILES string of the molecule is CCCCOc1ccc(C(F)(F)[C@@H](C(=O)N2CCC(N)CC2)N(C)S(=O)(=O)c2ccc(OCC3CCCCC3)cc2)cc1. The quantitative estimate of drug-likeness (QED) is 0.294. The van der Waals surface area contributed by atoms with Crippen molar-refractivity contribution >= 4 is 15.9 Å². The van der Waals surface area contributed by atoms with Crippen LogP contribution in [0.4, 0.5) is 8.78 Å². The number of rotatable bonds is 13. The number of likely N-dealkylation sites (N-methyl/N-ethyl adjacent to an activating group) is 1. The molecule has 2 aliphatic rings. The third kappa shape index (κ3) is 8.25. The number of sulfonamides is 1. The van der Waals surface area contributed by atoms with E-state index < -0.39 is 33.5 Å². The second-order valence-electron chi connectivity index (χ2n) is 11.7. The van der Waals surface area contributed by atoms with Crippen LogP contribution in [0.25, 0.3) is 0 Å². The van der Waals surface area contributed by atoms with Crippen molar-refractivity contribution in [3.8, 4) is 11.5 Å². The Morgan fingerprint density at radius 1 is 0.977 bits per heavy atom. The molecule has 2 fully saturated rings. The molecule has 43 heavy (non-hydrogen) atoms. The number of carbonyl (C=O) groups is 1. The molecule has 238 valence electrons. The smallest absolute Gasteiger partial charge is 0.298 e. The maximum absolute atomic E-state index is 16.3. The number of nitrogens with two attached hydrogens (primary N) is 1. The second kappa shape index (κ2) is 14.8. The van der Waals surface area contributed by atoms with Crippen LogP contribution in [0.5, 0.6) is 11.5 Å². The van der Waals surface area contributed by atoms with Crippen molar-refractivity contribution in [2.75, 3.05) is 33.4 Å². The van der Waals surface area contributed by atoms with E-state index in [0.29, 0.717) is 47.8 Å². The molecule has 0 aromatic heterocycles. The first-order chi connectivity index (χ1) is 20.5. The fourth-order valence-corrected chi connectivity index (χ4v) is 6.99. The van der Waals surface area contributed by atoms with Gasteiger partial charge in [-0.3, -0.25) is 4.79 Å². The van der Waals surface area contributed by atoms with E-state index in [4.69, 9.17) is 15.2 Å². The van der Waals surface area contributed by atoms with E-state index in [-0.39, 0.29) is 24.0 Å². The summed E-state index contributed by atoms with van der Waals surface area (Å²) in [5, 5.41) is 0. The van der Waals surface area contributed by atoms with Crippen LogP contribution in [0.1, 0.15) is 70.3 Å². The van der Waals surface area contributed by atoms with Crippen LogP contribution in [0.15, 0.2) is 53.4 Å². The Balaban J connectivity index is 1.57. The van der Waals surface area contributed by atoms with E-state index >= 15 is 8.78 Å². The number of halogens is 2. The van der Waals surface area contributed by atoms with Crippen molar-refractivity contribution in [1.82, 2.24) is 9.21 Å². The fraction of sp³-hybridized carbons (Fsp3) is 0.594. The Hall–Kier alpha value is -2.76. The number of amides is 1. The van der Waals surface area contributed by atoms with Gasteiger partial charge >= 0.3 is 0 Å². The molecule has 1 aliphatic heterocycles. The third-order valence-corrected chi connectivity index (χ3v) is 10.3. The number of benzene rings is 2. The molecule has 0 radical (unpaired) electrons. The number of alkyl halides is 2. The van der Waals surface area contributed by atoms with Gasteiger partial charge in [0.05, 0.1) is 18.1 Å². The molecule has 11 heteroatoms. The summed E-state index contributed by atoms with van der Waals surface area (Å²) in [5.41, 5.74) is 5.50. The predicted molar refractivity (Wildman–Crippen MR) is 162 cm³/mol. The first-order valence-electron chi connectivity index (χ1n) is 15.4. The Kier molecular flexibility index (Phi) is 11.4. The Bertz CT molecular complexity index is 1280. The van der Waals surface area contributed by atoms with Gasteiger partial charge in [-0.25, -0.2) is 8.42 Å². The maximum atomic E-state index is 16.3. The molecule has 0 spiro atoms. The standard InChI is InChI=1S/C32H45F2N3O5S/c1-3-4-22-41-27-12-10-25(11-13-27)32(33,34)30(31(38)37-20-18-26(35)19-21-37)36(2)43(39,40)29-16-14-28(15-17-29)42-23-24-8-6-5-7-9-24/h10-17,24,26,30H,3-9,18-23,35H2,1-2H3/t30-/m1/s1. The molecular formula is C32H45F2N3O5S. The number of unbranched alkanes of at least 4 members (excludes halogenated alkanes) is 1. The van der Waals surface area contributed by atoms with Gasteiger partial charge in [-0.05, 0) is 86.6 Å². The number of carbonyl (C=O) groups excluding carboxylic acids is 1. The molecule has 2 aromatic rings. The summed E-state index contributed by atoms with van der Waals surface area (Å²) in [7, 11) is -3.46. The van der Waals surface area contributed by atoms with Crippen molar-refractivity contribution in [3.05, 3.63) is 54.1 Å². The summed E-state index contributed by atoms with van der Waals surface area (Å²) in [6, 6.07) is 8.50. The molecule has 1 amide bonds. The number of piperidine rings is 1. The molecule has 1 aliphatic carbocycles. The zero-order valence-electron chi connectivity index (χ0n) is 25.2. The molecule has 1 saturated carbocycles. The monoisotopic (exact) mass is 621 g/mol. The highest BCUT2D eigenvalue weighted by atomic mass is 32.2. The summed E-state index contributed by atoms with van der Waals surface area (Å²) < 4.78 is 72.2. The summed E-state index contributed by atoms with van der Waals surface area (Å²) in [5.74, 6) is -3.40. The number of nitrogens with zero attached hydrogens (tertiary/aromatic N) is 2. The first-order valence-corrected chi connectivity index (χ1v) is 16.8. The van der Waals surface area contributed by atoms with Gasteiger partial charge in [-0.1, -0.05) is 32.6 Å². The highest BCUT2D eigenvalue weighted by Crippen LogP contribution is 2.38. The third-order valence-electron chi connectivity index (χ3n) is 8.51. The van der Waals surface area contributed by atoms with Crippen molar-refractivity contribution in [3.63, 3.8) is 0 Å². The van der Waals surface area contributed by atoms with Crippen LogP contribution in [0.2, 0.25) is 0 Å². The molecule has 0 bridgehead atoms. The van der Waals surface area contributed by atoms with Crippen molar-refractivity contribution in [2.45, 2.75) is 87.6 Å². The van der Waals surface area contributed by atoms with E-state index in [2.05, 4.69) is 0 Å². The number of ether oxygens (including phenoxy) is 2. The van der Waals surface area contributed by atoms with E-state index in [1.54, 1.807) is 0 Å². The molecule has 0 unspecified atom stereocenters. The van der Waals surface area contributed by atoms with E-state index in [1.165, 1.54) is 72.7 Å². The number of hydrogen-bond donors (Lipinski definition) is 1. The van der Waals surface area contributed by atoms with Gasteiger partial charge in [-0.2, -0.15) is 13.1 Å². The van der Waals surface area contributed by atoms with Crippen LogP contribution in [-0.4, -0.2) is 69.0 Å². The molecule has 2 aromatic carbocycles. The van der Waals surface area contributed by atoms with Gasteiger partial charge in [0.2, 0.25) is 15.9 Å². The lowest BCUT2D eigenvalue weighted by Gasteiger charge is -2.38. The molecule has 4 rings (SSSR count). The Morgan fingerprint density at radius 2 is 1.56 bits per heavy atom. The number of likely N-dealkylation sites (tertiary alicyclic amines) is 1. The zero-order valence-corrected chi connectivity index (χ0v) is 26.0. The van der Waals surface area contributed by atoms with Crippen molar-refractivity contribution in [1.29, 1.82) is 0 Å². The van der Waals surface area contributed by atoms with Crippen molar-refractivity contribution in [2.24, 2.45) is 11.7 Å². The minimum atomic E-state index is -4.50. The molecule has 8 nitrogen and oxygen atoms in total. The maximum Gasteiger partial charge on any atom is 0.298 e. The highest BCUT2D eigenvalue weighted by molar-refractivity contribution is 7.89. The average molecular weight is 622 g/mol. The zero-order chi connectivity index (χ0) is 31.0. The topological polar surface area (TPSA) is 102 Å². The van der Waals surface area contributed by atoms with Crippen LogP contribution in [0, 0.1) is 5.92 Å². The van der Waals surface area contributed by atoms with Gasteiger partial charge in [-0.15, -0.1) is 0 Å². The minimum absolute atomic E-state index is 0.136. The lowest BCUT2D eigenvalue weighted by atomic mass is 9.90. The van der Waals surface area contributed by atoms with Gasteiger partial charge in [0.25, 0.3) is 5.92 Å². The summed E-state index contributed by atoms with van der Waals surface area (Å²) in [4.78, 5) is 14.8.